The first-order valence-electron chi connectivity index (χ1n) is 9.55. The van der Waals surface area contributed by atoms with Crippen molar-refractivity contribution in [3.63, 3.8) is 0 Å². The molecule has 1 aromatic rings. The average molecular weight is 469 g/mol. The van der Waals surface area contributed by atoms with Gasteiger partial charge >= 0.3 is 0 Å². The third-order valence-corrected chi connectivity index (χ3v) is 7.50. The number of carbonyl (C=O) groups is 2. The van der Waals surface area contributed by atoms with Crippen LogP contribution in [0, 0.1) is 11.8 Å². The number of halogens is 3. The Bertz CT molecular complexity index is 644. The van der Waals surface area contributed by atoms with Crippen molar-refractivity contribution < 1.29 is 9.59 Å². The number of nitrogens with zero attached hydrogens (tertiary/aromatic N) is 3. The third kappa shape index (κ3) is 5.97. The van der Waals surface area contributed by atoms with Gasteiger partial charge in [0.15, 0.2) is 0 Å². The fraction of sp³-hybridized carbons (Fsp3) is 0.737. The molecule has 158 valence electrons. The number of hydrogen-bond acceptors (Lipinski definition) is 4. The van der Waals surface area contributed by atoms with Gasteiger partial charge in [0.2, 0.25) is 11.8 Å². The highest BCUT2D eigenvalue weighted by Crippen LogP contribution is 2.34. The summed E-state index contributed by atoms with van der Waals surface area (Å²) in [7, 11) is 1.69. The van der Waals surface area contributed by atoms with Gasteiger partial charge in [0, 0.05) is 37.5 Å². The van der Waals surface area contributed by atoms with Gasteiger partial charge in [0.05, 0.1) is 6.04 Å². The van der Waals surface area contributed by atoms with Crippen LogP contribution < -0.4 is 0 Å². The minimum absolute atomic E-state index is 0.0150. The molecule has 5 nitrogen and oxygen atoms in total. The summed E-state index contributed by atoms with van der Waals surface area (Å²) < 4.78 is 0. The van der Waals surface area contributed by atoms with Gasteiger partial charge < -0.3 is 9.80 Å². The van der Waals surface area contributed by atoms with Crippen LogP contribution in [0.5, 0.6) is 0 Å². The lowest BCUT2D eigenvalue weighted by Gasteiger charge is -2.34. The van der Waals surface area contributed by atoms with Crippen LogP contribution >= 0.6 is 46.1 Å². The summed E-state index contributed by atoms with van der Waals surface area (Å²) in [4.78, 5) is 33.5. The smallest absolute Gasteiger partial charge is 0.245 e. The van der Waals surface area contributed by atoms with E-state index < -0.39 is 10.9 Å². The summed E-state index contributed by atoms with van der Waals surface area (Å²) in [6.45, 7) is 4.50. The van der Waals surface area contributed by atoms with Gasteiger partial charge in [-0.2, -0.15) is 0 Å². The summed E-state index contributed by atoms with van der Waals surface area (Å²) in [5.74, 6) is 0.187. The highest BCUT2D eigenvalue weighted by atomic mass is 35.5. The second-order valence-corrected chi connectivity index (χ2v) is 9.99. The van der Waals surface area contributed by atoms with Crippen LogP contribution in [-0.2, 0) is 9.59 Å². The van der Waals surface area contributed by atoms with Crippen molar-refractivity contribution >= 4 is 58.0 Å². The molecule has 1 saturated heterocycles. The van der Waals surface area contributed by atoms with E-state index in [-0.39, 0.29) is 36.1 Å². The maximum Gasteiger partial charge on any atom is 0.245 e. The SMILES string of the molecule is CC(CCl)CC(C(=O)N1CCCC1c1nccs1)N(C)C(=O)CC(C)C(Cl)Cl. The molecule has 0 N–H and O–H groups in total. The minimum atomic E-state index is -0.624. The first-order valence-corrected chi connectivity index (χ1v) is 11.8. The number of likely N-dealkylation sites (tertiary alicyclic amines) is 1. The van der Waals surface area contributed by atoms with Crippen molar-refractivity contribution in [2.24, 2.45) is 11.8 Å². The number of aromatic nitrogens is 1. The minimum Gasteiger partial charge on any atom is -0.334 e. The van der Waals surface area contributed by atoms with Gasteiger partial charge in [-0.3, -0.25) is 9.59 Å². The van der Waals surface area contributed by atoms with Gasteiger partial charge in [-0.1, -0.05) is 13.8 Å². The van der Waals surface area contributed by atoms with E-state index in [4.69, 9.17) is 34.8 Å². The number of likely N-dealkylation sites (N-methyl/N-ethyl adjacent to an activating group) is 1. The third-order valence-electron chi connectivity index (χ3n) is 5.23. The van der Waals surface area contributed by atoms with E-state index in [1.54, 1.807) is 29.5 Å². The highest BCUT2D eigenvalue weighted by molar-refractivity contribution is 7.09. The maximum atomic E-state index is 13.5. The van der Waals surface area contributed by atoms with E-state index >= 15 is 0 Å². The van der Waals surface area contributed by atoms with E-state index in [1.165, 1.54) is 0 Å². The molecule has 28 heavy (non-hydrogen) atoms. The molecule has 4 unspecified atom stereocenters. The number of carbonyl (C=O) groups excluding carboxylic acids is 2. The van der Waals surface area contributed by atoms with Crippen molar-refractivity contribution in [2.45, 2.75) is 56.5 Å². The number of amides is 2. The molecular formula is C19H28Cl3N3O2S. The Morgan fingerprint density at radius 2 is 2.11 bits per heavy atom. The molecule has 0 aromatic carbocycles. The van der Waals surface area contributed by atoms with Crippen molar-refractivity contribution in [2.75, 3.05) is 19.5 Å². The number of rotatable bonds is 9. The summed E-state index contributed by atoms with van der Waals surface area (Å²) in [6, 6.07) is -0.572. The zero-order chi connectivity index (χ0) is 20.8. The zero-order valence-corrected chi connectivity index (χ0v) is 19.6. The molecule has 0 bridgehead atoms. The van der Waals surface area contributed by atoms with Crippen LogP contribution in [0.4, 0.5) is 0 Å². The van der Waals surface area contributed by atoms with E-state index in [1.807, 2.05) is 24.1 Å². The Balaban J connectivity index is 2.19. The molecule has 1 fully saturated rings. The van der Waals surface area contributed by atoms with Crippen LogP contribution in [-0.4, -0.2) is 56.9 Å². The van der Waals surface area contributed by atoms with Crippen molar-refractivity contribution in [3.05, 3.63) is 16.6 Å². The van der Waals surface area contributed by atoms with E-state index in [0.29, 0.717) is 18.8 Å². The predicted octanol–water partition coefficient (Wildman–Crippen LogP) is 4.73. The second-order valence-electron chi connectivity index (χ2n) is 7.59. The molecule has 0 saturated carbocycles. The second kappa shape index (κ2) is 11.0. The van der Waals surface area contributed by atoms with Crippen molar-refractivity contribution in [3.8, 4) is 0 Å². The van der Waals surface area contributed by atoms with Crippen LogP contribution in [0.15, 0.2) is 11.6 Å². The topological polar surface area (TPSA) is 53.5 Å². The Kier molecular flexibility index (Phi) is 9.32. The lowest BCUT2D eigenvalue weighted by molar-refractivity contribution is -0.146. The average Bonchev–Trinajstić information content (AvgIpc) is 3.35. The van der Waals surface area contributed by atoms with Crippen molar-refractivity contribution in [1.29, 1.82) is 0 Å². The Labute approximate surface area is 186 Å². The molecule has 0 radical (unpaired) electrons. The molecule has 1 aliphatic rings. The molecule has 1 aromatic heterocycles. The Morgan fingerprint density at radius 3 is 2.68 bits per heavy atom. The van der Waals surface area contributed by atoms with Gasteiger partial charge in [0.1, 0.15) is 15.9 Å². The van der Waals surface area contributed by atoms with E-state index in [2.05, 4.69) is 4.98 Å². The zero-order valence-electron chi connectivity index (χ0n) is 16.5. The number of thiazole rings is 1. The van der Waals surface area contributed by atoms with Gasteiger partial charge in [-0.25, -0.2) is 4.98 Å². The monoisotopic (exact) mass is 467 g/mol. The Morgan fingerprint density at radius 1 is 1.39 bits per heavy atom. The molecular weight excluding hydrogens is 441 g/mol. The first-order chi connectivity index (χ1) is 13.3. The highest BCUT2D eigenvalue weighted by Gasteiger charge is 2.38. The fourth-order valence-electron chi connectivity index (χ4n) is 3.43. The molecule has 9 heteroatoms. The van der Waals surface area contributed by atoms with Gasteiger partial charge in [0.25, 0.3) is 0 Å². The quantitative estimate of drug-likeness (QED) is 0.492. The molecule has 2 amide bonds. The number of hydrogen-bond donors (Lipinski definition) is 0. The summed E-state index contributed by atoms with van der Waals surface area (Å²) in [5, 5.41) is 2.87. The molecule has 1 aliphatic heterocycles. The van der Waals surface area contributed by atoms with Crippen LogP contribution in [0.25, 0.3) is 0 Å². The molecule has 0 aliphatic carbocycles. The van der Waals surface area contributed by atoms with E-state index in [0.717, 1.165) is 17.8 Å². The van der Waals surface area contributed by atoms with Gasteiger partial charge in [-0.05, 0) is 31.1 Å². The lowest BCUT2D eigenvalue weighted by atomic mass is 9.99. The standard InChI is InChI=1S/C19H28Cl3N3O2S/c1-12(11-20)9-15(24(3)16(26)10-13(2)17(21)22)19(27)25-7-4-5-14(25)18-23-6-8-28-18/h6,8,12-15,17H,4-5,7,9-11H2,1-3H3. The fourth-order valence-corrected chi connectivity index (χ4v) is 4.52. The molecule has 2 rings (SSSR count). The lowest BCUT2D eigenvalue weighted by Crippen LogP contribution is -2.50. The van der Waals surface area contributed by atoms with Crippen LogP contribution in [0.3, 0.4) is 0 Å². The van der Waals surface area contributed by atoms with Crippen LogP contribution in [0.2, 0.25) is 0 Å². The largest absolute Gasteiger partial charge is 0.334 e. The normalized spacial score (nSPS) is 20.2. The van der Waals surface area contributed by atoms with E-state index in [9.17, 15) is 9.59 Å². The first kappa shape index (κ1) is 23.7. The summed E-state index contributed by atoms with van der Waals surface area (Å²) in [5.41, 5.74) is 0. The number of alkyl halides is 3. The van der Waals surface area contributed by atoms with Gasteiger partial charge in [-0.15, -0.1) is 46.1 Å². The van der Waals surface area contributed by atoms with Crippen LogP contribution in [0.1, 0.15) is 50.6 Å². The van der Waals surface area contributed by atoms with Crippen molar-refractivity contribution in [1.82, 2.24) is 14.8 Å². The Hall–Kier alpha value is -0.560. The predicted molar refractivity (Wildman–Crippen MR) is 116 cm³/mol. The maximum absolute atomic E-state index is 13.5. The summed E-state index contributed by atoms with van der Waals surface area (Å²) >= 11 is 19.4. The molecule has 4 atom stereocenters. The molecule has 0 spiro atoms. The molecule has 2 heterocycles. The summed E-state index contributed by atoms with van der Waals surface area (Å²) in [6.07, 6.45) is 4.31.